The lowest BCUT2D eigenvalue weighted by Crippen LogP contribution is -2.42. The summed E-state index contributed by atoms with van der Waals surface area (Å²) in [6.45, 7) is -0.324. The van der Waals surface area contributed by atoms with E-state index >= 15 is 0 Å². The lowest BCUT2D eigenvalue weighted by molar-refractivity contribution is -0.148. The topological polar surface area (TPSA) is 111 Å². The predicted molar refractivity (Wildman–Crippen MR) is 70.4 cm³/mol. The molecule has 1 aliphatic heterocycles. The van der Waals surface area contributed by atoms with Crippen LogP contribution in [-0.4, -0.2) is 52.3 Å². The van der Waals surface area contributed by atoms with Crippen LogP contribution < -0.4 is 4.74 Å². The van der Waals surface area contributed by atoms with Crippen molar-refractivity contribution >= 4 is 11.9 Å². The summed E-state index contributed by atoms with van der Waals surface area (Å²) in [5.41, 5.74) is 0.474. The molecule has 0 aromatic heterocycles. The molecular formula is C14H14N2O5. The molecule has 7 heteroatoms. The minimum absolute atomic E-state index is 0.00741. The first-order valence-corrected chi connectivity index (χ1v) is 6.34. The molecule has 2 atom stereocenters. The standard InChI is InChI=1S/C14H14N2O5/c15-6-9-1-3-11(4-2-9)21-8-13(18)16-7-10(17)5-12(16)14(19)20/h1-4,10,12,17H,5,7-8H2,(H,19,20)/t10-,12+/m1/s1. The van der Waals surface area contributed by atoms with Crippen LogP contribution in [0.3, 0.4) is 0 Å². The number of β-amino-alcohol motifs (C(OH)–C–C–N with tert-alkyl or cyclic N) is 1. The number of hydrogen-bond acceptors (Lipinski definition) is 5. The number of likely N-dealkylation sites (tertiary alicyclic amines) is 1. The van der Waals surface area contributed by atoms with E-state index in [4.69, 9.17) is 15.1 Å². The second-order valence-corrected chi connectivity index (χ2v) is 4.71. The molecule has 2 N–H and O–H groups in total. The largest absolute Gasteiger partial charge is 0.484 e. The molecule has 0 radical (unpaired) electrons. The van der Waals surface area contributed by atoms with E-state index in [0.29, 0.717) is 11.3 Å². The number of aliphatic carboxylic acids is 1. The molecule has 7 nitrogen and oxygen atoms in total. The van der Waals surface area contributed by atoms with Crippen LogP contribution in [0.4, 0.5) is 0 Å². The summed E-state index contributed by atoms with van der Waals surface area (Å²) in [6.07, 6.45) is -0.803. The van der Waals surface area contributed by atoms with Crippen LogP contribution in [-0.2, 0) is 9.59 Å². The monoisotopic (exact) mass is 290 g/mol. The number of nitrogens with zero attached hydrogens (tertiary/aromatic N) is 2. The van der Waals surface area contributed by atoms with Gasteiger partial charge in [-0.1, -0.05) is 0 Å². The van der Waals surface area contributed by atoms with Crippen LogP contribution in [0.2, 0.25) is 0 Å². The molecule has 0 unspecified atom stereocenters. The second-order valence-electron chi connectivity index (χ2n) is 4.71. The van der Waals surface area contributed by atoms with Crippen LogP contribution in [0, 0.1) is 11.3 Å². The number of carboxylic acid groups (broad SMARTS) is 1. The number of carboxylic acids is 1. The predicted octanol–water partition coefficient (Wildman–Crippen LogP) is -0.0165. The Labute approximate surface area is 121 Å². The lowest BCUT2D eigenvalue weighted by Gasteiger charge is -2.21. The van der Waals surface area contributed by atoms with Gasteiger partial charge < -0.3 is 19.8 Å². The molecular weight excluding hydrogens is 276 g/mol. The third kappa shape index (κ3) is 3.49. The van der Waals surface area contributed by atoms with Gasteiger partial charge in [0.1, 0.15) is 11.8 Å². The zero-order valence-corrected chi connectivity index (χ0v) is 11.1. The Morgan fingerprint density at radius 1 is 1.38 bits per heavy atom. The van der Waals surface area contributed by atoms with Gasteiger partial charge in [-0.2, -0.15) is 5.26 Å². The van der Waals surface area contributed by atoms with Crippen LogP contribution in [0.5, 0.6) is 5.75 Å². The fraction of sp³-hybridized carbons (Fsp3) is 0.357. The Morgan fingerprint density at radius 2 is 2.05 bits per heavy atom. The number of carbonyl (C=O) groups is 2. The van der Waals surface area contributed by atoms with Crippen molar-refractivity contribution in [1.29, 1.82) is 5.26 Å². The quantitative estimate of drug-likeness (QED) is 0.806. The van der Waals surface area contributed by atoms with Crippen molar-refractivity contribution in [3.8, 4) is 11.8 Å². The van der Waals surface area contributed by atoms with E-state index in [1.165, 1.54) is 0 Å². The number of rotatable bonds is 4. The first-order valence-electron chi connectivity index (χ1n) is 6.34. The van der Waals surface area contributed by atoms with Crippen LogP contribution >= 0.6 is 0 Å². The molecule has 1 aromatic rings. The molecule has 1 amide bonds. The Balaban J connectivity index is 1.94. The second kappa shape index (κ2) is 6.24. The molecule has 21 heavy (non-hydrogen) atoms. The summed E-state index contributed by atoms with van der Waals surface area (Å²) in [5.74, 6) is -1.23. The Hall–Kier alpha value is -2.59. The van der Waals surface area contributed by atoms with Crippen molar-refractivity contribution < 1.29 is 24.5 Å². The summed E-state index contributed by atoms with van der Waals surface area (Å²) in [5, 5.41) is 27.2. The van der Waals surface area contributed by atoms with Gasteiger partial charge in [-0.05, 0) is 24.3 Å². The number of aliphatic hydroxyl groups excluding tert-OH is 1. The number of carbonyl (C=O) groups excluding carboxylic acids is 1. The van der Waals surface area contributed by atoms with Gasteiger partial charge in [-0.3, -0.25) is 4.79 Å². The van der Waals surface area contributed by atoms with Crippen molar-refractivity contribution in [2.45, 2.75) is 18.6 Å². The smallest absolute Gasteiger partial charge is 0.326 e. The molecule has 2 rings (SSSR count). The molecule has 0 aliphatic carbocycles. The number of ether oxygens (including phenoxy) is 1. The normalized spacial score (nSPS) is 20.9. The summed E-state index contributed by atoms with van der Waals surface area (Å²) in [7, 11) is 0. The third-order valence-electron chi connectivity index (χ3n) is 3.23. The highest BCUT2D eigenvalue weighted by atomic mass is 16.5. The number of hydrogen-bond donors (Lipinski definition) is 2. The van der Waals surface area contributed by atoms with Crippen LogP contribution in [0.1, 0.15) is 12.0 Å². The molecule has 110 valence electrons. The molecule has 0 bridgehead atoms. The molecule has 1 saturated heterocycles. The van der Waals surface area contributed by atoms with Crippen molar-refractivity contribution in [3.63, 3.8) is 0 Å². The van der Waals surface area contributed by atoms with Crippen molar-refractivity contribution in [1.82, 2.24) is 4.90 Å². The zero-order chi connectivity index (χ0) is 15.4. The summed E-state index contributed by atoms with van der Waals surface area (Å²) in [6, 6.07) is 7.17. The van der Waals surface area contributed by atoms with E-state index in [1.54, 1.807) is 24.3 Å². The van der Waals surface area contributed by atoms with Gasteiger partial charge in [0.2, 0.25) is 0 Å². The van der Waals surface area contributed by atoms with Crippen LogP contribution in [0.15, 0.2) is 24.3 Å². The summed E-state index contributed by atoms with van der Waals surface area (Å²) < 4.78 is 5.27. The maximum atomic E-state index is 12.0. The summed E-state index contributed by atoms with van der Waals surface area (Å²) in [4.78, 5) is 24.1. The fourth-order valence-electron chi connectivity index (χ4n) is 2.18. The molecule has 1 aliphatic rings. The zero-order valence-electron chi connectivity index (χ0n) is 11.1. The minimum Gasteiger partial charge on any atom is -0.484 e. The average molecular weight is 290 g/mol. The van der Waals surface area contributed by atoms with E-state index in [-0.39, 0.29) is 19.6 Å². The lowest BCUT2D eigenvalue weighted by atomic mass is 10.2. The highest BCUT2D eigenvalue weighted by molar-refractivity contribution is 5.85. The van der Waals surface area contributed by atoms with E-state index in [2.05, 4.69) is 0 Å². The van der Waals surface area contributed by atoms with Gasteiger partial charge in [-0.15, -0.1) is 0 Å². The van der Waals surface area contributed by atoms with Crippen molar-refractivity contribution in [2.75, 3.05) is 13.2 Å². The van der Waals surface area contributed by atoms with Gasteiger partial charge in [0.05, 0.1) is 17.7 Å². The van der Waals surface area contributed by atoms with E-state index in [9.17, 15) is 14.7 Å². The SMILES string of the molecule is N#Cc1ccc(OCC(=O)N2C[C@H](O)C[C@H]2C(=O)O)cc1. The van der Waals surface area contributed by atoms with Gasteiger partial charge in [-0.25, -0.2) is 4.79 Å². The van der Waals surface area contributed by atoms with Crippen molar-refractivity contribution in [3.05, 3.63) is 29.8 Å². The number of amides is 1. The maximum absolute atomic E-state index is 12.0. The number of aliphatic hydroxyl groups is 1. The Morgan fingerprint density at radius 3 is 2.62 bits per heavy atom. The first-order chi connectivity index (χ1) is 10.0. The number of nitriles is 1. The van der Waals surface area contributed by atoms with E-state index in [1.807, 2.05) is 6.07 Å². The van der Waals surface area contributed by atoms with Gasteiger partial charge in [0.15, 0.2) is 6.61 Å². The molecule has 1 heterocycles. The average Bonchev–Trinajstić information content (AvgIpc) is 2.87. The number of benzene rings is 1. The minimum atomic E-state index is -1.14. The Bertz CT molecular complexity index is 578. The summed E-state index contributed by atoms with van der Waals surface area (Å²) >= 11 is 0. The molecule has 0 spiro atoms. The van der Waals surface area contributed by atoms with Crippen molar-refractivity contribution in [2.24, 2.45) is 0 Å². The van der Waals surface area contributed by atoms with E-state index in [0.717, 1.165) is 4.90 Å². The first kappa shape index (κ1) is 14.8. The van der Waals surface area contributed by atoms with Crippen LogP contribution in [0.25, 0.3) is 0 Å². The van der Waals surface area contributed by atoms with Gasteiger partial charge in [0, 0.05) is 13.0 Å². The molecule has 1 fully saturated rings. The van der Waals surface area contributed by atoms with Gasteiger partial charge >= 0.3 is 5.97 Å². The van der Waals surface area contributed by atoms with Gasteiger partial charge in [0.25, 0.3) is 5.91 Å². The molecule has 0 saturated carbocycles. The Kier molecular flexibility index (Phi) is 4.40. The highest BCUT2D eigenvalue weighted by Gasteiger charge is 2.38. The molecule has 1 aromatic carbocycles. The third-order valence-corrected chi connectivity index (χ3v) is 3.23. The fourth-order valence-corrected chi connectivity index (χ4v) is 2.18. The van der Waals surface area contributed by atoms with E-state index < -0.39 is 24.0 Å². The highest BCUT2D eigenvalue weighted by Crippen LogP contribution is 2.19. The maximum Gasteiger partial charge on any atom is 0.326 e.